The van der Waals surface area contributed by atoms with E-state index in [9.17, 15) is 4.79 Å². The Bertz CT molecular complexity index is 271. The van der Waals surface area contributed by atoms with Gasteiger partial charge < -0.3 is 15.4 Å². The Morgan fingerprint density at radius 2 is 2.00 bits per heavy atom. The van der Waals surface area contributed by atoms with Crippen molar-refractivity contribution in [3.8, 4) is 0 Å². The Kier molecular flexibility index (Phi) is 4.05. The maximum absolute atomic E-state index is 12.2. The average Bonchev–Trinajstić information content (AvgIpc) is 3.02. The van der Waals surface area contributed by atoms with Crippen LogP contribution in [-0.4, -0.2) is 44.2 Å². The number of likely N-dealkylation sites (N-methyl/N-ethyl adjacent to an activating group) is 1. The predicted molar refractivity (Wildman–Crippen MR) is 66.4 cm³/mol. The summed E-state index contributed by atoms with van der Waals surface area (Å²) in [4.78, 5) is 14.0. The molecule has 4 nitrogen and oxygen atoms in total. The zero-order valence-corrected chi connectivity index (χ0v) is 10.9. The van der Waals surface area contributed by atoms with E-state index in [-0.39, 0.29) is 6.04 Å². The number of fused-ring (bicyclic) bond motifs is 1. The molecule has 0 spiro atoms. The molecule has 2 saturated carbocycles. The van der Waals surface area contributed by atoms with Crippen molar-refractivity contribution in [1.29, 1.82) is 0 Å². The van der Waals surface area contributed by atoms with Crippen molar-refractivity contribution in [1.82, 2.24) is 4.90 Å². The number of hydrogen-bond donors (Lipinski definition) is 1. The lowest BCUT2D eigenvalue weighted by molar-refractivity contribution is -0.132. The van der Waals surface area contributed by atoms with E-state index in [0.29, 0.717) is 36.8 Å². The number of nitrogens with zero attached hydrogens (tertiary/aromatic N) is 1. The Morgan fingerprint density at radius 3 is 2.53 bits per heavy atom. The third-order valence-electron chi connectivity index (χ3n) is 4.21. The number of hydrogen-bond acceptors (Lipinski definition) is 3. The summed E-state index contributed by atoms with van der Waals surface area (Å²) in [6.45, 7) is 1.11. The second-order valence-corrected chi connectivity index (χ2v) is 5.57. The normalized spacial score (nSPS) is 32.8. The number of carbonyl (C=O) groups excluding carboxylic acids is 1. The van der Waals surface area contributed by atoms with Gasteiger partial charge >= 0.3 is 0 Å². The molecule has 3 unspecified atom stereocenters. The van der Waals surface area contributed by atoms with Crippen LogP contribution in [0, 0.1) is 17.8 Å². The number of nitrogens with two attached hydrogens (primary N) is 1. The van der Waals surface area contributed by atoms with Gasteiger partial charge in [0.2, 0.25) is 5.91 Å². The predicted octanol–water partition coefficient (Wildman–Crippen LogP) is 0.855. The average molecular weight is 240 g/mol. The quantitative estimate of drug-likeness (QED) is 0.775. The van der Waals surface area contributed by atoms with Gasteiger partial charge in [0.1, 0.15) is 0 Å². The highest BCUT2D eigenvalue weighted by molar-refractivity contribution is 5.82. The summed E-state index contributed by atoms with van der Waals surface area (Å²) < 4.78 is 4.99. The fourth-order valence-corrected chi connectivity index (χ4v) is 3.32. The standard InChI is InChI=1S/C13H24N2O2/c1-15(7-9(14)8-17-2)13(16)12-10-5-3-4-6-11(10)12/h9-12H,3-8,14H2,1-2H3. The first-order chi connectivity index (χ1) is 8.15. The molecule has 1 amide bonds. The van der Waals surface area contributed by atoms with Crippen LogP contribution in [0.1, 0.15) is 25.7 Å². The van der Waals surface area contributed by atoms with Crippen molar-refractivity contribution in [2.45, 2.75) is 31.7 Å². The van der Waals surface area contributed by atoms with Crippen LogP contribution in [-0.2, 0) is 9.53 Å². The van der Waals surface area contributed by atoms with Crippen LogP contribution in [0.15, 0.2) is 0 Å². The molecule has 0 heterocycles. The van der Waals surface area contributed by atoms with Gasteiger partial charge in [-0.3, -0.25) is 4.79 Å². The van der Waals surface area contributed by atoms with Gasteiger partial charge in [0.15, 0.2) is 0 Å². The summed E-state index contributed by atoms with van der Waals surface area (Å²) in [7, 11) is 3.50. The largest absolute Gasteiger partial charge is 0.383 e. The zero-order chi connectivity index (χ0) is 12.4. The van der Waals surface area contributed by atoms with Crippen molar-refractivity contribution in [3.63, 3.8) is 0 Å². The molecule has 4 heteroatoms. The molecule has 0 aromatic rings. The smallest absolute Gasteiger partial charge is 0.226 e. The fourth-order valence-electron chi connectivity index (χ4n) is 3.32. The molecule has 3 atom stereocenters. The van der Waals surface area contributed by atoms with Crippen molar-refractivity contribution in [2.24, 2.45) is 23.5 Å². The highest BCUT2D eigenvalue weighted by Gasteiger charge is 2.55. The van der Waals surface area contributed by atoms with Crippen molar-refractivity contribution < 1.29 is 9.53 Å². The van der Waals surface area contributed by atoms with Gasteiger partial charge in [-0.05, 0) is 24.7 Å². The molecule has 98 valence electrons. The lowest BCUT2D eigenvalue weighted by atomic mass is 10.0. The van der Waals surface area contributed by atoms with Crippen LogP contribution >= 0.6 is 0 Å². The van der Waals surface area contributed by atoms with Crippen LogP contribution in [0.5, 0.6) is 0 Å². The zero-order valence-electron chi connectivity index (χ0n) is 10.9. The second-order valence-electron chi connectivity index (χ2n) is 5.57. The number of rotatable bonds is 5. The van der Waals surface area contributed by atoms with Crippen molar-refractivity contribution in [2.75, 3.05) is 27.3 Å². The monoisotopic (exact) mass is 240 g/mol. The van der Waals surface area contributed by atoms with Gasteiger partial charge in [-0.25, -0.2) is 0 Å². The first-order valence-corrected chi connectivity index (χ1v) is 6.64. The van der Waals surface area contributed by atoms with Crippen molar-refractivity contribution in [3.05, 3.63) is 0 Å². The molecular weight excluding hydrogens is 216 g/mol. The first kappa shape index (κ1) is 12.8. The van der Waals surface area contributed by atoms with Gasteiger partial charge in [-0.2, -0.15) is 0 Å². The summed E-state index contributed by atoms with van der Waals surface area (Å²) >= 11 is 0. The third kappa shape index (κ3) is 2.80. The highest BCUT2D eigenvalue weighted by atomic mass is 16.5. The van der Waals surface area contributed by atoms with Gasteiger partial charge in [0.25, 0.3) is 0 Å². The minimum absolute atomic E-state index is 0.0743. The maximum Gasteiger partial charge on any atom is 0.226 e. The summed E-state index contributed by atoms with van der Waals surface area (Å²) in [5.41, 5.74) is 5.87. The van der Waals surface area contributed by atoms with Crippen molar-refractivity contribution >= 4 is 5.91 Å². The lowest BCUT2D eigenvalue weighted by Crippen LogP contribution is -2.42. The number of carbonyl (C=O) groups is 1. The topological polar surface area (TPSA) is 55.6 Å². The van der Waals surface area contributed by atoms with Gasteiger partial charge in [-0.15, -0.1) is 0 Å². The van der Waals surface area contributed by atoms with E-state index in [2.05, 4.69) is 0 Å². The van der Waals surface area contributed by atoms with Gasteiger partial charge in [0, 0.05) is 32.7 Å². The Balaban J connectivity index is 1.80. The Morgan fingerprint density at radius 1 is 1.41 bits per heavy atom. The molecule has 2 rings (SSSR count). The van der Waals surface area contributed by atoms with E-state index in [4.69, 9.17) is 10.5 Å². The van der Waals surface area contributed by atoms with E-state index in [1.165, 1.54) is 25.7 Å². The second kappa shape index (κ2) is 5.36. The molecule has 17 heavy (non-hydrogen) atoms. The van der Waals surface area contributed by atoms with E-state index in [0.717, 1.165) is 0 Å². The maximum atomic E-state index is 12.2. The summed E-state index contributed by atoms with van der Waals surface area (Å²) in [6, 6.07) is -0.0743. The summed E-state index contributed by atoms with van der Waals surface area (Å²) in [5, 5.41) is 0. The van der Waals surface area contributed by atoms with Crippen LogP contribution in [0.2, 0.25) is 0 Å². The number of amides is 1. The third-order valence-corrected chi connectivity index (χ3v) is 4.21. The Hall–Kier alpha value is -0.610. The molecule has 2 aliphatic rings. The number of methoxy groups -OCH3 is 1. The van der Waals surface area contributed by atoms with Gasteiger partial charge in [-0.1, -0.05) is 12.8 Å². The molecule has 0 radical (unpaired) electrons. The SMILES string of the molecule is COCC(N)CN(C)C(=O)C1C2CCCCC21. The molecule has 0 aromatic carbocycles. The fraction of sp³-hybridized carbons (Fsp3) is 0.923. The van der Waals surface area contributed by atoms with Crippen LogP contribution in [0.3, 0.4) is 0 Å². The summed E-state index contributed by atoms with van der Waals surface area (Å²) in [6.07, 6.45) is 5.10. The molecule has 0 saturated heterocycles. The molecule has 2 N–H and O–H groups in total. The molecule has 2 fully saturated rings. The lowest BCUT2D eigenvalue weighted by Gasteiger charge is -2.21. The molecular formula is C13H24N2O2. The first-order valence-electron chi connectivity index (χ1n) is 6.64. The molecule has 0 aromatic heterocycles. The molecule has 2 aliphatic carbocycles. The van der Waals surface area contributed by atoms with E-state index in [1.807, 2.05) is 7.05 Å². The van der Waals surface area contributed by atoms with Crippen LogP contribution in [0.25, 0.3) is 0 Å². The van der Waals surface area contributed by atoms with E-state index < -0.39 is 0 Å². The van der Waals surface area contributed by atoms with Crippen LogP contribution in [0.4, 0.5) is 0 Å². The minimum atomic E-state index is -0.0743. The summed E-state index contributed by atoms with van der Waals surface area (Å²) in [5.74, 6) is 1.96. The number of ether oxygens (including phenoxy) is 1. The van der Waals surface area contributed by atoms with E-state index >= 15 is 0 Å². The highest BCUT2D eigenvalue weighted by Crippen LogP contribution is 2.55. The van der Waals surface area contributed by atoms with Gasteiger partial charge in [0.05, 0.1) is 6.61 Å². The van der Waals surface area contributed by atoms with Crippen LogP contribution < -0.4 is 5.73 Å². The Labute approximate surface area is 103 Å². The molecule has 0 aliphatic heterocycles. The molecule has 0 bridgehead atoms. The minimum Gasteiger partial charge on any atom is -0.383 e. The van der Waals surface area contributed by atoms with E-state index in [1.54, 1.807) is 12.0 Å².